The molecule has 3 N–H and O–H groups in total. The fourth-order valence-corrected chi connectivity index (χ4v) is 9.81. The summed E-state index contributed by atoms with van der Waals surface area (Å²) in [5.74, 6) is 1.63. The fraction of sp³-hybridized carbons (Fsp3) is 0.750. The normalized spacial score (nSPS) is 34.6. The number of aliphatic hydroxyl groups is 1. The molecule has 2 aliphatic heterocycles. The molecule has 0 spiro atoms. The van der Waals surface area contributed by atoms with Crippen LogP contribution in [0.15, 0.2) is 18.2 Å². The summed E-state index contributed by atoms with van der Waals surface area (Å²) in [5.41, 5.74) is 1.48. The molecule has 2 amide bonds. The van der Waals surface area contributed by atoms with Crippen LogP contribution in [0.5, 0.6) is 5.75 Å². The standard InChI is InChI=1S/C32H48N4O6S/c1-21(2)29(37)36-14-4-5-28(36)30(38)35-17-15-34(16-18-35)20-32(39)13-11-27-26-8-6-22-19-23(42-43(33,40)41)7-9-24(22)25(26)10-12-31(27,32)3/h7,9,19,21,25-28,39H,4-6,8,10-18,20H2,1-3H3,(H2,33,40,41)/t25-,26-,27+,28+,31+,32-/m1/s1. The molecule has 2 saturated heterocycles. The number of carbonyl (C=O) groups excluding carboxylic acids is 2. The number of nitrogens with two attached hydrogens (primary N) is 1. The van der Waals surface area contributed by atoms with Crippen LogP contribution in [0.25, 0.3) is 0 Å². The summed E-state index contributed by atoms with van der Waals surface area (Å²) >= 11 is 0. The Morgan fingerprint density at radius 1 is 1.07 bits per heavy atom. The first-order valence-electron chi connectivity index (χ1n) is 16.2. The van der Waals surface area contributed by atoms with E-state index in [-0.39, 0.29) is 34.9 Å². The van der Waals surface area contributed by atoms with Gasteiger partial charge in [-0.1, -0.05) is 26.8 Å². The van der Waals surface area contributed by atoms with Crippen LogP contribution in [-0.2, 0) is 26.3 Å². The summed E-state index contributed by atoms with van der Waals surface area (Å²) < 4.78 is 27.8. The molecule has 0 aromatic heterocycles. The number of nitrogens with zero attached hydrogens (tertiary/aromatic N) is 3. The van der Waals surface area contributed by atoms with Crippen molar-refractivity contribution in [2.24, 2.45) is 28.3 Å². The Kier molecular flexibility index (Phi) is 8.09. The van der Waals surface area contributed by atoms with Crippen molar-refractivity contribution in [3.63, 3.8) is 0 Å². The van der Waals surface area contributed by atoms with E-state index in [2.05, 4.69) is 11.8 Å². The Labute approximate surface area is 256 Å². The monoisotopic (exact) mass is 616 g/mol. The molecule has 2 saturated carbocycles. The summed E-state index contributed by atoms with van der Waals surface area (Å²) in [5, 5.41) is 17.3. The zero-order valence-corrected chi connectivity index (χ0v) is 26.7. The quantitative estimate of drug-likeness (QED) is 0.502. The molecule has 6 rings (SSSR count). The Hall–Kier alpha value is -2.21. The minimum absolute atomic E-state index is 0.0673. The van der Waals surface area contributed by atoms with E-state index in [0.717, 1.165) is 70.0 Å². The van der Waals surface area contributed by atoms with Gasteiger partial charge < -0.3 is 19.1 Å². The molecule has 5 aliphatic rings. The number of hydrogen-bond acceptors (Lipinski definition) is 7. The van der Waals surface area contributed by atoms with Crippen molar-refractivity contribution in [2.75, 3.05) is 39.3 Å². The number of rotatable bonds is 6. The highest BCUT2D eigenvalue weighted by Crippen LogP contribution is 2.64. The highest BCUT2D eigenvalue weighted by atomic mass is 32.2. The predicted octanol–water partition coefficient (Wildman–Crippen LogP) is 2.65. The van der Waals surface area contributed by atoms with E-state index in [9.17, 15) is 23.1 Å². The fourth-order valence-electron chi connectivity index (χ4n) is 9.44. The number of aryl methyl sites for hydroxylation is 1. The van der Waals surface area contributed by atoms with Gasteiger partial charge >= 0.3 is 10.3 Å². The first-order valence-corrected chi connectivity index (χ1v) is 17.7. The summed E-state index contributed by atoms with van der Waals surface area (Å²) in [7, 11) is -4.06. The zero-order chi connectivity index (χ0) is 30.7. The number of amides is 2. The molecule has 4 fully saturated rings. The second-order valence-electron chi connectivity index (χ2n) is 14.3. The molecule has 10 nitrogen and oxygen atoms in total. The molecule has 6 atom stereocenters. The average Bonchev–Trinajstić information content (AvgIpc) is 3.54. The Bertz CT molecular complexity index is 1360. The maximum absolute atomic E-state index is 13.4. The van der Waals surface area contributed by atoms with Gasteiger partial charge in [0.15, 0.2) is 0 Å². The lowest BCUT2D eigenvalue weighted by molar-refractivity contribution is -0.147. The van der Waals surface area contributed by atoms with Crippen LogP contribution in [-0.4, -0.2) is 90.9 Å². The third-order valence-electron chi connectivity index (χ3n) is 11.7. The Balaban J connectivity index is 1.08. The number of hydrogen-bond donors (Lipinski definition) is 2. The lowest BCUT2D eigenvalue weighted by atomic mass is 9.53. The van der Waals surface area contributed by atoms with Gasteiger partial charge in [0.05, 0.1) is 5.60 Å². The lowest BCUT2D eigenvalue weighted by Gasteiger charge is -2.54. The SMILES string of the molecule is CC(C)C(=O)N1CCC[C@H]1C(=O)N1CCN(C[C@]2(O)CC[C@H]3[C@@H]4CCc5cc(OS(N)(=O)=O)ccc5[C@H]4CC[C@@]32C)CC1. The number of β-amino-alcohol motifs (C(OH)–C–C–N with tert-alkyl or cyclic N) is 1. The molecule has 2 heterocycles. The Morgan fingerprint density at radius 2 is 1.81 bits per heavy atom. The van der Waals surface area contributed by atoms with Gasteiger partial charge in [-0.15, -0.1) is 0 Å². The van der Waals surface area contributed by atoms with Crippen LogP contribution in [0, 0.1) is 23.2 Å². The van der Waals surface area contributed by atoms with E-state index in [1.54, 1.807) is 11.0 Å². The van der Waals surface area contributed by atoms with Crippen molar-refractivity contribution in [3.05, 3.63) is 29.3 Å². The van der Waals surface area contributed by atoms with Crippen LogP contribution in [0.4, 0.5) is 0 Å². The number of benzene rings is 1. The average molecular weight is 617 g/mol. The minimum Gasteiger partial charge on any atom is -0.388 e. The summed E-state index contributed by atoms with van der Waals surface area (Å²) in [6.07, 6.45) is 7.25. The van der Waals surface area contributed by atoms with Crippen LogP contribution in [0.1, 0.15) is 82.8 Å². The van der Waals surface area contributed by atoms with Crippen LogP contribution >= 0.6 is 0 Å². The largest absolute Gasteiger partial charge is 0.388 e. The van der Waals surface area contributed by atoms with Gasteiger partial charge in [-0.25, -0.2) is 0 Å². The van der Waals surface area contributed by atoms with E-state index in [4.69, 9.17) is 9.32 Å². The van der Waals surface area contributed by atoms with Gasteiger partial charge in [0.25, 0.3) is 0 Å². The molecule has 0 bridgehead atoms. The highest BCUT2D eigenvalue weighted by Gasteiger charge is 2.61. The summed E-state index contributed by atoms with van der Waals surface area (Å²) in [6, 6.07) is 5.22. The van der Waals surface area contributed by atoms with Crippen LogP contribution < -0.4 is 9.32 Å². The van der Waals surface area contributed by atoms with Crippen LogP contribution in [0.3, 0.4) is 0 Å². The van der Waals surface area contributed by atoms with Crippen LogP contribution in [0.2, 0.25) is 0 Å². The van der Waals surface area contributed by atoms with E-state index in [0.29, 0.717) is 43.9 Å². The first-order chi connectivity index (χ1) is 20.3. The van der Waals surface area contributed by atoms with Gasteiger partial charge in [-0.2, -0.15) is 13.6 Å². The molecule has 0 radical (unpaired) electrons. The Morgan fingerprint density at radius 3 is 2.51 bits per heavy atom. The molecule has 0 unspecified atom stereocenters. The van der Waals surface area contributed by atoms with Crippen molar-refractivity contribution in [1.82, 2.24) is 14.7 Å². The summed E-state index contributed by atoms with van der Waals surface area (Å²) in [6.45, 7) is 10.1. The third kappa shape index (κ3) is 5.59. The second-order valence-corrected chi connectivity index (χ2v) is 15.5. The number of piperazine rings is 1. The molecular weight excluding hydrogens is 568 g/mol. The minimum atomic E-state index is -4.06. The molecule has 43 heavy (non-hydrogen) atoms. The van der Waals surface area contributed by atoms with Crippen molar-refractivity contribution >= 4 is 22.1 Å². The van der Waals surface area contributed by atoms with E-state index >= 15 is 0 Å². The molecule has 3 aliphatic carbocycles. The van der Waals surface area contributed by atoms with Crippen molar-refractivity contribution < 1.29 is 27.3 Å². The topological polar surface area (TPSA) is 133 Å². The molecular formula is C32H48N4O6S. The molecule has 11 heteroatoms. The molecule has 1 aromatic rings. The van der Waals surface area contributed by atoms with Gasteiger partial charge in [-0.05, 0) is 92.4 Å². The number of likely N-dealkylation sites (tertiary alicyclic amines) is 1. The van der Waals surface area contributed by atoms with Gasteiger partial charge in [0.1, 0.15) is 11.8 Å². The maximum atomic E-state index is 13.4. The third-order valence-corrected chi connectivity index (χ3v) is 12.1. The van der Waals surface area contributed by atoms with Gasteiger partial charge in [0.2, 0.25) is 11.8 Å². The van der Waals surface area contributed by atoms with Gasteiger partial charge in [-0.3, -0.25) is 14.5 Å². The van der Waals surface area contributed by atoms with E-state index in [1.165, 1.54) is 5.56 Å². The number of carbonyl (C=O) groups is 2. The lowest BCUT2D eigenvalue weighted by Crippen LogP contribution is -2.60. The first kappa shape index (κ1) is 30.8. The summed E-state index contributed by atoms with van der Waals surface area (Å²) in [4.78, 5) is 32.2. The smallest absolute Gasteiger partial charge is 0.380 e. The maximum Gasteiger partial charge on any atom is 0.380 e. The van der Waals surface area contributed by atoms with Crippen molar-refractivity contribution in [3.8, 4) is 5.75 Å². The van der Waals surface area contributed by atoms with Crippen molar-refractivity contribution in [1.29, 1.82) is 0 Å². The van der Waals surface area contributed by atoms with E-state index in [1.807, 2.05) is 30.9 Å². The number of fused-ring (bicyclic) bond motifs is 5. The second kappa shape index (κ2) is 11.3. The van der Waals surface area contributed by atoms with Gasteiger partial charge in [0, 0.05) is 50.6 Å². The van der Waals surface area contributed by atoms with Crippen molar-refractivity contribution in [2.45, 2.75) is 89.7 Å². The molecule has 238 valence electrons. The van der Waals surface area contributed by atoms with E-state index < -0.39 is 15.9 Å². The zero-order valence-electron chi connectivity index (χ0n) is 25.8. The predicted molar refractivity (Wildman–Crippen MR) is 162 cm³/mol. The molecule has 1 aromatic carbocycles. The highest BCUT2D eigenvalue weighted by molar-refractivity contribution is 7.84.